The molecule has 3 aromatic heterocycles. The maximum atomic E-state index is 13.8. The van der Waals surface area contributed by atoms with Gasteiger partial charge in [-0.1, -0.05) is 51.5 Å². The molecule has 0 radical (unpaired) electrons. The Labute approximate surface area is 253 Å². The number of carbonyl (C=O) groups excluding carboxylic acids is 1. The number of Topliss-reactive ketones (excluding diaryl/α,β-unsaturated/α-hetero) is 1. The van der Waals surface area contributed by atoms with Gasteiger partial charge >= 0.3 is 0 Å². The molecule has 6 rings (SSSR count). The number of pyridine rings is 2. The number of hydrogen-bond acceptors (Lipinski definition) is 5. The predicted molar refractivity (Wildman–Crippen MR) is 174 cm³/mol. The quantitative estimate of drug-likeness (QED) is 0.214. The number of benzene rings is 1. The molecule has 4 heterocycles. The topological polar surface area (TPSA) is 66.1 Å². The number of likely N-dealkylation sites (tertiary alicyclic amines) is 1. The van der Waals surface area contributed by atoms with Crippen molar-refractivity contribution in [1.29, 1.82) is 0 Å². The summed E-state index contributed by atoms with van der Waals surface area (Å²) >= 11 is 1.57. The highest BCUT2D eigenvalue weighted by atomic mass is 32.1. The molecule has 0 saturated carbocycles. The van der Waals surface area contributed by atoms with Crippen molar-refractivity contribution >= 4 is 27.3 Å². The number of thiophene rings is 1. The van der Waals surface area contributed by atoms with Crippen molar-refractivity contribution in [3.63, 3.8) is 0 Å². The van der Waals surface area contributed by atoms with Gasteiger partial charge in [-0.2, -0.15) is 0 Å². The number of aromatic nitrogens is 2. The minimum atomic E-state index is -0.0997. The van der Waals surface area contributed by atoms with Crippen LogP contribution in [0.3, 0.4) is 0 Å². The van der Waals surface area contributed by atoms with E-state index >= 15 is 0 Å². The second-order valence-corrected chi connectivity index (χ2v) is 14.5. The van der Waals surface area contributed by atoms with Gasteiger partial charge in [0.15, 0.2) is 5.78 Å². The Balaban J connectivity index is 1.22. The van der Waals surface area contributed by atoms with Gasteiger partial charge in [0.05, 0.1) is 4.88 Å². The molecule has 1 aromatic carbocycles. The van der Waals surface area contributed by atoms with E-state index in [-0.39, 0.29) is 17.3 Å². The van der Waals surface area contributed by atoms with Crippen molar-refractivity contribution in [2.75, 3.05) is 19.6 Å². The van der Waals surface area contributed by atoms with Crippen molar-refractivity contribution in [3.8, 4) is 11.1 Å². The van der Waals surface area contributed by atoms with Gasteiger partial charge in [0.25, 0.3) is 0 Å². The highest BCUT2D eigenvalue weighted by Crippen LogP contribution is 2.39. The minimum absolute atomic E-state index is 0.0997. The number of hydrogen-bond donors (Lipinski definition) is 1. The van der Waals surface area contributed by atoms with Crippen LogP contribution >= 0.6 is 11.3 Å². The molecule has 220 valence electrons. The fourth-order valence-electron chi connectivity index (χ4n) is 6.77. The zero-order valence-corrected chi connectivity index (χ0v) is 26.1. The van der Waals surface area contributed by atoms with Crippen molar-refractivity contribution in [2.45, 2.75) is 78.1 Å². The van der Waals surface area contributed by atoms with Crippen LogP contribution < -0.4 is 5.56 Å². The molecule has 0 amide bonds. The zero-order valence-electron chi connectivity index (χ0n) is 25.2. The lowest BCUT2D eigenvalue weighted by molar-refractivity contribution is 0.0973. The van der Waals surface area contributed by atoms with E-state index in [9.17, 15) is 9.59 Å². The summed E-state index contributed by atoms with van der Waals surface area (Å²) in [6, 6.07) is 16.4. The van der Waals surface area contributed by atoms with E-state index in [0.29, 0.717) is 17.8 Å². The number of H-pyrrole nitrogens is 1. The van der Waals surface area contributed by atoms with Crippen molar-refractivity contribution in [1.82, 2.24) is 14.9 Å². The summed E-state index contributed by atoms with van der Waals surface area (Å²) < 4.78 is 0. The zero-order chi connectivity index (χ0) is 29.3. The van der Waals surface area contributed by atoms with Crippen LogP contribution in [0.5, 0.6) is 0 Å². The summed E-state index contributed by atoms with van der Waals surface area (Å²) in [6.45, 7) is 10.4. The minimum Gasteiger partial charge on any atom is -0.328 e. The van der Waals surface area contributed by atoms with E-state index in [1.165, 1.54) is 42.5 Å². The van der Waals surface area contributed by atoms with Crippen LogP contribution in [-0.2, 0) is 12.8 Å². The third-order valence-corrected chi connectivity index (χ3v) is 10.6. The van der Waals surface area contributed by atoms with Gasteiger partial charge in [-0.05, 0) is 116 Å². The van der Waals surface area contributed by atoms with Crippen molar-refractivity contribution in [3.05, 3.63) is 86.8 Å². The van der Waals surface area contributed by atoms with Crippen LogP contribution in [0.25, 0.3) is 21.3 Å². The summed E-state index contributed by atoms with van der Waals surface area (Å²) in [4.78, 5) is 37.5. The Bertz CT molecular complexity index is 1590. The molecule has 1 N–H and O–H groups in total. The molecule has 0 unspecified atom stereocenters. The number of carbonyl (C=O) groups is 1. The standard InChI is InChI=1S/C36H43N3O2S/c1-36(2,3)30-12-13-31-28(20-30)19-29-22-33(42-35(29)38-31)32(40)21-26(15-18-39-16-5-4-6-17-39)24-7-9-25(10-8-24)27-11-14-34(41)37-23-27/h7-11,14,19,22-23,26,30H,4-6,12-13,15-18,20-21H2,1-3H3,(H,37,41)/t26-,30-/m0/s1. The summed E-state index contributed by atoms with van der Waals surface area (Å²) in [5.41, 5.74) is 6.04. The van der Waals surface area contributed by atoms with Crippen LogP contribution in [0.1, 0.15) is 91.7 Å². The number of piperidine rings is 1. The molecule has 0 bridgehead atoms. The van der Waals surface area contributed by atoms with Gasteiger partial charge in [0, 0.05) is 29.8 Å². The second-order valence-electron chi connectivity index (χ2n) is 13.5. The Hall–Kier alpha value is -3.09. The molecule has 1 aliphatic heterocycles. The van der Waals surface area contributed by atoms with E-state index < -0.39 is 0 Å². The van der Waals surface area contributed by atoms with E-state index in [0.717, 1.165) is 65.1 Å². The third-order valence-electron chi connectivity index (χ3n) is 9.55. The molecular weight excluding hydrogens is 538 g/mol. The summed E-state index contributed by atoms with van der Waals surface area (Å²) in [7, 11) is 0. The van der Waals surface area contributed by atoms with Gasteiger partial charge in [0.2, 0.25) is 5.56 Å². The summed E-state index contributed by atoms with van der Waals surface area (Å²) in [6.07, 6.45) is 10.4. The van der Waals surface area contributed by atoms with Crippen LogP contribution in [0.15, 0.2) is 59.5 Å². The first-order chi connectivity index (χ1) is 20.2. The highest BCUT2D eigenvalue weighted by molar-refractivity contribution is 7.20. The normalized spacial score (nSPS) is 18.6. The van der Waals surface area contributed by atoms with Gasteiger partial charge in [0.1, 0.15) is 4.83 Å². The molecule has 5 nitrogen and oxygen atoms in total. The predicted octanol–water partition coefficient (Wildman–Crippen LogP) is 8.04. The first kappa shape index (κ1) is 29.0. The van der Waals surface area contributed by atoms with Crippen LogP contribution in [0, 0.1) is 11.3 Å². The lowest BCUT2D eigenvalue weighted by atomic mass is 9.71. The van der Waals surface area contributed by atoms with E-state index in [2.05, 4.69) is 67.1 Å². The molecule has 1 saturated heterocycles. The number of nitrogens with zero attached hydrogens (tertiary/aromatic N) is 2. The largest absolute Gasteiger partial charge is 0.328 e. The monoisotopic (exact) mass is 581 g/mol. The molecule has 1 aliphatic carbocycles. The number of aryl methyl sites for hydroxylation is 1. The molecule has 2 atom stereocenters. The molecule has 4 aromatic rings. The smallest absolute Gasteiger partial charge is 0.247 e. The van der Waals surface area contributed by atoms with Crippen molar-refractivity contribution in [2.24, 2.45) is 11.3 Å². The van der Waals surface area contributed by atoms with Crippen molar-refractivity contribution < 1.29 is 4.79 Å². The second kappa shape index (κ2) is 12.3. The third kappa shape index (κ3) is 6.60. The first-order valence-corrected chi connectivity index (χ1v) is 16.5. The van der Waals surface area contributed by atoms with E-state index in [1.807, 2.05) is 6.07 Å². The molecule has 2 aliphatic rings. The summed E-state index contributed by atoms with van der Waals surface area (Å²) in [5, 5.41) is 1.12. The van der Waals surface area contributed by atoms with Crippen LogP contribution in [0.4, 0.5) is 0 Å². The van der Waals surface area contributed by atoms with Gasteiger partial charge in [-0.15, -0.1) is 11.3 Å². The van der Waals surface area contributed by atoms with Gasteiger partial charge < -0.3 is 9.88 Å². The maximum absolute atomic E-state index is 13.8. The average molecular weight is 582 g/mol. The Morgan fingerprint density at radius 2 is 1.81 bits per heavy atom. The lowest BCUT2D eigenvalue weighted by Crippen LogP contribution is -2.31. The molecule has 0 spiro atoms. The lowest BCUT2D eigenvalue weighted by Gasteiger charge is -2.34. The van der Waals surface area contributed by atoms with Crippen LogP contribution in [0.2, 0.25) is 0 Å². The fourth-order valence-corrected chi connectivity index (χ4v) is 7.75. The van der Waals surface area contributed by atoms with Gasteiger partial charge in [-0.25, -0.2) is 4.98 Å². The summed E-state index contributed by atoms with van der Waals surface area (Å²) in [5.74, 6) is 1.04. The Kier molecular flexibility index (Phi) is 8.46. The Morgan fingerprint density at radius 1 is 1.05 bits per heavy atom. The number of nitrogens with one attached hydrogen (secondary N) is 1. The highest BCUT2D eigenvalue weighted by Gasteiger charge is 2.30. The number of aromatic amines is 1. The van der Waals surface area contributed by atoms with Gasteiger partial charge in [-0.3, -0.25) is 9.59 Å². The molecule has 1 fully saturated rings. The van der Waals surface area contributed by atoms with E-state index in [1.54, 1.807) is 23.6 Å². The molecular formula is C36H43N3O2S. The first-order valence-electron chi connectivity index (χ1n) is 15.7. The average Bonchev–Trinajstić information content (AvgIpc) is 3.41. The van der Waals surface area contributed by atoms with E-state index in [4.69, 9.17) is 4.98 Å². The SMILES string of the molecule is CC(C)(C)[C@H]1CCc2nc3sc(C(=O)C[C@H](CCN4CCCCC4)c4ccc(-c5ccc(=O)[nH]c5)cc4)cc3cc2C1. The number of rotatable bonds is 8. The Morgan fingerprint density at radius 3 is 2.52 bits per heavy atom. The van der Waals surface area contributed by atoms with Crippen LogP contribution in [-0.4, -0.2) is 40.3 Å². The number of fused-ring (bicyclic) bond motifs is 2. The molecule has 42 heavy (non-hydrogen) atoms. The molecule has 6 heteroatoms. The maximum Gasteiger partial charge on any atom is 0.247 e. The fraction of sp³-hybridized carbons (Fsp3) is 0.472. The number of ketones is 1.